The lowest BCUT2D eigenvalue weighted by Crippen LogP contribution is -2.54. The summed E-state index contributed by atoms with van der Waals surface area (Å²) in [5.74, 6) is 0. The van der Waals surface area contributed by atoms with Crippen molar-refractivity contribution in [2.45, 2.75) is 77.3 Å². The number of benzene rings is 1. The van der Waals surface area contributed by atoms with Gasteiger partial charge in [-0.05, 0) is 60.5 Å². The third-order valence-electron chi connectivity index (χ3n) is 3.46. The van der Waals surface area contributed by atoms with Gasteiger partial charge in [0.1, 0.15) is 10.3 Å². The minimum atomic E-state index is -1.24. The average molecular weight is 369 g/mol. The SMILES string of the molecule is C[C@H](NC(=O)OC(C)(C)C)[C@@H](Cc1ccccc1)N[S@+]([O-])C(C)(C)C. The van der Waals surface area contributed by atoms with Gasteiger partial charge in [0, 0.05) is 17.4 Å². The van der Waals surface area contributed by atoms with Gasteiger partial charge in [0.05, 0.1) is 6.04 Å². The normalized spacial score (nSPS) is 16.0. The van der Waals surface area contributed by atoms with Crippen LogP contribution in [-0.2, 0) is 22.5 Å². The number of hydrogen-bond donors (Lipinski definition) is 2. The first kappa shape index (κ1) is 21.8. The third-order valence-corrected chi connectivity index (χ3v) is 5.09. The molecule has 2 N–H and O–H groups in total. The van der Waals surface area contributed by atoms with E-state index in [9.17, 15) is 9.35 Å². The van der Waals surface area contributed by atoms with Crippen LogP contribution in [0.25, 0.3) is 0 Å². The van der Waals surface area contributed by atoms with E-state index in [-0.39, 0.29) is 16.8 Å². The van der Waals surface area contributed by atoms with Crippen molar-refractivity contribution < 1.29 is 14.1 Å². The number of carbonyl (C=O) groups excluding carboxylic acids is 1. The molecule has 0 radical (unpaired) electrons. The highest BCUT2D eigenvalue weighted by atomic mass is 32.2. The van der Waals surface area contributed by atoms with Gasteiger partial charge in [-0.1, -0.05) is 30.3 Å². The van der Waals surface area contributed by atoms with Gasteiger partial charge in [-0.3, -0.25) is 0 Å². The highest BCUT2D eigenvalue weighted by Crippen LogP contribution is 2.17. The molecule has 0 heterocycles. The molecule has 0 saturated carbocycles. The van der Waals surface area contributed by atoms with Gasteiger partial charge in [-0.2, -0.15) is 0 Å². The van der Waals surface area contributed by atoms with Gasteiger partial charge in [-0.15, -0.1) is 4.72 Å². The topological polar surface area (TPSA) is 73.4 Å². The Kier molecular flexibility index (Phi) is 7.78. The van der Waals surface area contributed by atoms with Crippen molar-refractivity contribution in [3.8, 4) is 0 Å². The maximum absolute atomic E-state index is 12.5. The van der Waals surface area contributed by atoms with Crippen molar-refractivity contribution in [1.29, 1.82) is 0 Å². The van der Waals surface area contributed by atoms with Crippen LogP contribution in [0.3, 0.4) is 0 Å². The zero-order chi connectivity index (χ0) is 19.3. The highest BCUT2D eigenvalue weighted by Gasteiger charge is 2.32. The number of alkyl carbamates (subject to hydrolysis) is 1. The lowest BCUT2D eigenvalue weighted by Gasteiger charge is -2.31. The van der Waals surface area contributed by atoms with Crippen LogP contribution in [0.4, 0.5) is 4.79 Å². The predicted octanol–water partition coefficient (Wildman–Crippen LogP) is 3.56. The average Bonchev–Trinajstić information content (AvgIpc) is 2.44. The fourth-order valence-electron chi connectivity index (χ4n) is 2.10. The van der Waals surface area contributed by atoms with Gasteiger partial charge >= 0.3 is 6.09 Å². The summed E-state index contributed by atoms with van der Waals surface area (Å²) in [7, 11) is 0. The summed E-state index contributed by atoms with van der Waals surface area (Å²) < 4.78 is 20.7. The van der Waals surface area contributed by atoms with E-state index in [1.54, 1.807) is 0 Å². The fraction of sp³-hybridized carbons (Fsp3) is 0.632. The van der Waals surface area contributed by atoms with Gasteiger partial charge in [0.25, 0.3) is 0 Å². The molecule has 1 aromatic carbocycles. The van der Waals surface area contributed by atoms with Gasteiger partial charge < -0.3 is 14.6 Å². The van der Waals surface area contributed by atoms with E-state index in [2.05, 4.69) is 10.0 Å². The molecule has 5 nitrogen and oxygen atoms in total. The molecule has 0 spiro atoms. The molecule has 1 rings (SSSR count). The summed E-state index contributed by atoms with van der Waals surface area (Å²) in [6.07, 6.45) is 0.181. The summed E-state index contributed by atoms with van der Waals surface area (Å²) in [5.41, 5.74) is 0.559. The Morgan fingerprint density at radius 1 is 1.16 bits per heavy atom. The van der Waals surface area contributed by atoms with Crippen LogP contribution in [0.5, 0.6) is 0 Å². The Balaban J connectivity index is 2.83. The van der Waals surface area contributed by atoms with Crippen molar-refractivity contribution in [3.05, 3.63) is 35.9 Å². The Labute approximate surface area is 155 Å². The third kappa shape index (κ3) is 8.61. The Morgan fingerprint density at radius 3 is 2.20 bits per heavy atom. The molecule has 0 saturated heterocycles. The number of amides is 1. The van der Waals surface area contributed by atoms with Crippen LogP contribution >= 0.6 is 0 Å². The van der Waals surface area contributed by atoms with Crippen molar-refractivity contribution in [3.63, 3.8) is 0 Å². The number of hydrogen-bond acceptors (Lipinski definition) is 4. The van der Waals surface area contributed by atoms with Crippen LogP contribution < -0.4 is 10.0 Å². The van der Waals surface area contributed by atoms with Crippen LogP contribution in [0, 0.1) is 0 Å². The van der Waals surface area contributed by atoms with E-state index in [1.807, 2.05) is 78.8 Å². The van der Waals surface area contributed by atoms with Gasteiger partial charge in [-0.25, -0.2) is 4.79 Å². The number of carbonyl (C=O) groups is 1. The van der Waals surface area contributed by atoms with Crippen LogP contribution in [0.15, 0.2) is 30.3 Å². The summed E-state index contributed by atoms with van der Waals surface area (Å²) >= 11 is -1.24. The molecule has 0 bridgehead atoms. The van der Waals surface area contributed by atoms with Crippen molar-refractivity contribution in [2.75, 3.05) is 0 Å². The molecule has 6 heteroatoms. The first-order valence-corrected chi connectivity index (χ1v) is 9.75. The molecule has 0 aliphatic rings. The van der Waals surface area contributed by atoms with Crippen LogP contribution in [-0.4, -0.2) is 33.1 Å². The molecule has 142 valence electrons. The summed E-state index contributed by atoms with van der Waals surface area (Å²) in [6, 6.07) is 9.51. The van der Waals surface area contributed by atoms with Crippen molar-refractivity contribution in [1.82, 2.24) is 10.0 Å². The molecule has 0 aromatic heterocycles. The van der Waals surface area contributed by atoms with Crippen LogP contribution in [0.1, 0.15) is 54.0 Å². The smallest absolute Gasteiger partial charge is 0.407 e. The Bertz CT molecular complexity index is 538. The molecule has 1 amide bonds. The summed E-state index contributed by atoms with van der Waals surface area (Å²) in [5, 5.41) is 2.86. The largest absolute Gasteiger partial charge is 0.598 e. The monoisotopic (exact) mass is 368 g/mol. The van der Waals surface area contributed by atoms with Gasteiger partial charge in [0.15, 0.2) is 0 Å². The lowest BCUT2D eigenvalue weighted by atomic mass is 10.0. The molecule has 0 aliphatic heterocycles. The standard InChI is InChI=1S/C19H32N2O3S/c1-14(20-17(22)24-18(2,3)4)16(21-25(23)19(5,6)7)13-15-11-9-8-10-12-15/h8-12,14,16,21H,13H2,1-7H3,(H,20,22)/t14-,16+,25+/m0/s1. The summed E-state index contributed by atoms with van der Waals surface area (Å²) in [4.78, 5) is 12.1. The Morgan fingerprint density at radius 2 is 1.72 bits per heavy atom. The van der Waals surface area contributed by atoms with E-state index in [0.717, 1.165) is 5.56 Å². The molecule has 0 aliphatic carbocycles. The van der Waals surface area contributed by atoms with Crippen LogP contribution in [0.2, 0.25) is 0 Å². The van der Waals surface area contributed by atoms with E-state index in [1.165, 1.54) is 0 Å². The fourth-order valence-corrected chi connectivity index (χ4v) is 3.01. The first-order chi connectivity index (χ1) is 11.4. The lowest BCUT2D eigenvalue weighted by molar-refractivity contribution is 0.0500. The van der Waals surface area contributed by atoms with E-state index < -0.39 is 23.1 Å². The second kappa shape index (κ2) is 8.92. The van der Waals surface area contributed by atoms with E-state index in [4.69, 9.17) is 4.74 Å². The minimum absolute atomic E-state index is 0.185. The second-order valence-corrected chi connectivity index (χ2v) is 10.2. The number of rotatable bonds is 6. The minimum Gasteiger partial charge on any atom is -0.598 e. The predicted molar refractivity (Wildman–Crippen MR) is 104 cm³/mol. The molecular weight excluding hydrogens is 336 g/mol. The molecule has 25 heavy (non-hydrogen) atoms. The van der Waals surface area contributed by atoms with Crippen molar-refractivity contribution in [2.24, 2.45) is 0 Å². The maximum Gasteiger partial charge on any atom is 0.407 e. The molecular formula is C19H32N2O3S. The quantitative estimate of drug-likeness (QED) is 0.753. The van der Waals surface area contributed by atoms with Crippen molar-refractivity contribution >= 4 is 17.5 Å². The molecule has 0 fully saturated rings. The molecule has 3 atom stereocenters. The van der Waals surface area contributed by atoms with E-state index in [0.29, 0.717) is 6.42 Å². The molecule has 0 unspecified atom stereocenters. The highest BCUT2D eigenvalue weighted by molar-refractivity contribution is 7.90. The zero-order valence-electron chi connectivity index (χ0n) is 16.4. The summed E-state index contributed by atoms with van der Waals surface area (Å²) in [6.45, 7) is 13.1. The maximum atomic E-state index is 12.5. The first-order valence-electron chi connectivity index (χ1n) is 8.60. The van der Waals surface area contributed by atoms with Gasteiger partial charge in [0.2, 0.25) is 0 Å². The Hall–Kier alpha value is -1.24. The number of nitrogens with one attached hydrogen (secondary N) is 2. The zero-order valence-corrected chi connectivity index (χ0v) is 17.2. The molecule has 1 aromatic rings. The number of ether oxygens (including phenoxy) is 1. The second-order valence-electron chi connectivity index (χ2n) is 8.23. The van der Waals surface area contributed by atoms with E-state index >= 15 is 0 Å².